The predicted octanol–water partition coefficient (Wildman–Crippen LogP) is 3.20. The second-order valence-electron chi connectivity index (χ2n) is 4.32. The van der Waals surface area contributed by atoms with E-state index in [-0.39, 0.29) is 5.82 Å². The van der Waals surface area contributed by atoms with Crippen LogP contribution in [0.2, 0.25) is 0 Å². The number of fused-ring (bicyclic) bond motifs is 1. The second-order valence-corrected chi connectivity index (χ2v) is 4.32. The first-order valence-corrected chi connectivity index (χ1v) is 5.69. The molecule has 0 saturated carbocycles. The summed E-state index contributed by atoms with van der Waals surface area (Å²) in [6, 6.07) is 5.16. The van der Waals surface area contributed by atoms with Crippen LogP contribution in [0.5, 0.6) is 0 Å². The monoisotopic (exact) mass is 219 g/mol. The molecule has 0 aliphatic carbocycles. The van der Waals surface area contributed by atoms with Gasteiger partial charge in [0.2, 0.25) is 0 Å². The lowest BCUT2D eigenvalue weighted by Crippen LogP contribution is -2.15. The molecule has 1 saturated heterocycles. The number of hydrogen-bond acceptors (Lipinski definition) is 1. The molecule has 3 rings (SSSR count). The minimum absolute atomic E-state index is 0.140. The molecule has 1 atom stereocenters. The van der Waals surface area contributed by atoms with E-state index >= 15 is 0 Å². The van der Waals surface area contributed by atoms with Crippen molar-refractivity contribution in [1.29, 1.82) is 0 Å². The molecule has 1 aromatic carbocycles. The van der Waals surface area contributed by atoms with Gasteiger partial charge in [0.25, 0.3) is 0 Å². The molecule has 0 radical (unpaired) electrons. The molecule has 1 N–H and O–H groups in total. The second kappa shape index (κ2) is 3.91. The first kappa shape index (κ1) is 9.85. The number of H-pyrrole nitrogens is 1. The number of rotatable bonds is 1. The highest BCUT2D eigenvalue weighted by atomic mass is 19.1. The summed E-state index contributed by atoms with van der Waals surface area (Å²) >= 11 is 0. The van der Waals surface area contributed by atoms with Crippen LogP contribution in [-0.4, -0.2) is 18.2 Å². The average Bonchev–Trinajstić information content (AvgIpc) is 2.75. The van der Waals surface area contributed by atoms with Crippen molar-refractivity contribution in [1.82, 2.24) is 4.98 Å². The van der Waals surface area contributed by atoms with Gasteiger partial charge in [-0.05, 0) is 30.5 Å². The van der Waals surface area contributed by atoms with Crippen LogP contribution in [-0.2, 0) is 4.74 Å². The third-order valence-corrected chi connectivity index (χ3v) is 3.29. The summed E-state index contributed by atoms with van der Waals surface area (Å²) in [5.74, 6) is 0.193. The minimum Gasteiger partial charge on any atom is -0.381 e. The summed E-state index contributed by atoms with van der Waals surface area (Å²) in [7, 11) is 0. The number of aromatic amines is 1. The Morgan fingerprint density at radius 2 is 2.31 bits per heavy atom. The van der Waals surface area contributed by atoms with Gasteiger partial charge in [-0.1, -0.05) is 6.07 Å². The lowest BCUT2D eigenvalue weighted by atomic mass is 9.93. The highest BCUT2D eigenvalue weighted by molar-refractivity contribution is 5.84. The van der Waals surface area contributed by atoms with Crippen LogP contribution in [0, 0.1) is 5.82 Å². The number of halogens is 1. The van der Waals surface area contributed by atoms with Gasteiger partial charge in [0.1, 0.15) is 5.82 Å². The summed E-state index contributed by atoms with van der Waals surface area (Å²) < 4.78 is 19.2. The molecule has 0 amide bonds. The van der Waals surface area contributed by atoms with Crippen LogP contribution < -0.4 is 0 Å². The molecule has 0 bridgehead atoms. The number of nitrogens with one attached hydrogen (secondary N) is 1. The summed E-state index contributed by atoms with van der Waals surface area (Å²) in [6.45, 7) is 1.54. The van der Waals surface area contributed by atoms with Crippen molar-refractivity contribution in [3.8, 4) is 0 Å². The van der Waals surface area contributed by atoms with Crippen molar-refractivity contribution < 1.29 is 9.13 Å². The highest BCUT2D eigenvalue weighted by Crippen LogP contribution is 2.32. The van der Waals surface area contributed by atoms with Crippen LogP contribution in [0.25, 0.3) is 10.9 Å². The van der Waals surface area contributed by atoms with Gasteiger partial charge in [-0.15, -0.1) is 0 Å². The van der Waals surface area contributed by atoms with Crippen molar-refractivity contribution in [2.24, 2.45) is 0 Å². The van der Waals surface area contributed by atoms with E-state index in [0.717, 1.165) is 35.9 Å². The lowest BCUT2D eigenvalue weighted by molar-refractivity contribution is 0.0808. The Hall–Kier alpha value is -1.35. The number of benzene rings is 1. The van der Waals surface area contributed by atoms with E-state index in [1.807, 2.05) is 12.3 Å². The zero-order chi connectivity index (χ0) is 11.0. The van der Waals surface area contributed by atoms with Gasteiger partial charge >= 0.3 is 0 Å². The fourth-order valence-corrected chi connectivity index (χ4v) is 2.47. The standard InChI is InChI=1S/C13H14FNO/c14-11-4-1-5-12-13(11)10(7-15-12)9-3-2-6-16-8-9/h1,4-5,7,9,15H,2-3,6,8H2/t9-/m0/s1. The van der Waals surface area contributed by atoms with E-state index in [1.165, 1.54) is 6.07 Å². The maximum Gasteiger partial charge on any atom is 0.132 e. The molecule has 1 aliphatic rings. The van der Waals surface area contributed by atoms with Crippen molar-refractivity contribution in [2.75, 3.05) is 13.2 Å². The quantitative estimate of drug-likeness (QED) is 0.782. The zero-order valence-electron chi connectivity index (χ0n) is 9.00. The molecule has 2 nitrogen and oxygen atoms in total. The summed E-state index contributed by atoms with van der Waals surface area (Å²) in [4.78, 5) is 3.13. The smallest absolute Gasteiger partial charge is 0.132 e. The van der Waals surface area contributed by atoms with Gasteiger partial charge in [0, 0.05) is 29.6 Å². The lowest BCUT2D eigenvalue weighted by Gasteiger charge is -2.21. The first-order valence-electron chi connectivity index (χ1n) is 5.69. The maximum absolute atomic E-state index is 13.8. The molecule has 2 heterocycles. The van der Waals surface area contributed by atoms with E-state index in [9.17, 15) is 4.39 Å². The minimum atomic E-state index is -0.140. The van der Waals surface area contributed by atoms with Gasteiger partial charge < -0.3 is 9.72 Å². The van der Waals surface area contributed by atoms with Crippen molar-refractivity contribution in [3.05, 3.63) is 35.8 Å². The van der Waals surface area contributed by atoms with E-state index in [4.69, 9.17) is 4.74 Å². The Balaban J connectivity index is 2.09. The molecular formula is C13H14FNO. The average molecular weight is 219 g/mol. The van der Waals surface area contributed by atoms with Gasteiger partial charge in [0.15, 0.2) is 0 Å². The molecule has 2 aromatic rings. The number of aromatic nitrogens is 1. The van der Waals surface area contributed by atoms with Crippen molar-refractivity contribution >= 4 is 10.9 Å². The molecule has 1 fully saturated rings. The Kier molecular flexibility index (Phi) is 2.40. The fourth-order valence-electron chi connectivity index (χ4n) is 2.47. The Bertz CT molecular complexity index is 500. The van der Waals surface area contributed by atoms with Gasteiger partial charge in [-0.3, -0.25) is 0 Å². The summed E-state index contributed by atoms with van der Waals surface area (Å²) in [5.41, 5.74) is 1.94. The third-order valence-electron chi connectivity index (χ3n) is 3.29. The van der Waals surface area contributed by atoms with Gasteiger partial charge in [-0.25, -0.2) is 4.39 Å². The van der Waals surface area contributed by atoms with E-state index in [1.54, 1.807) is 6.07 Å². The molecule has 16 heavy (non-hydrogen) atoms. The molecule has 1 aromatic heterocycles. The van der Waals surface area contributed by atoms with Crippen molar-refractivity contribution in [2.45, 2.75) is 18.8 Å². The van der Waals surface area contributed by atoms with Gasteiger partial charge in [-0.2, -0.15) is 0 Å². The normalized spacial score (nSPS) is 21.4. The third kappa shape index (κ3) is 1.52. The predicted molar refractivity (Wildman–Crippen MR) is 61.1 cm³/mol. The maximum atomic E-state index is 13.8. The summed E-state index contributed by atoms with van der Waals surface area (Å²) in [6.07, 6.45) is 4.07. The summed E-state index contributed by atoms with van der Waals surface area (Å²) in [5, 5.41) is 0.734. The molecule has 0 spiro atoms. The van der Waals surface area contributed by atoms with Crippen LogP contribution in [0.3, 0.4) is 0 Å². The molecular weight excluding hydrogens is 205 g/mol. The van der Waals surface area contributed by atoms with Crippen LogP contribution in [0.15, 0.2) is 24.4 Å². The van der Waals surface area contributed by atoms with Crippen LogP contribution in [0.1, 0.15) is 24.3 Å². The van der Waals surface area contributed by atoms with Crippen LogP contribution >= 0.6 is 0 Å². The Labute approximate surface area is 93.4 Å². The highest BCUT2D eigenvalue weighted by Gasteiger charge is 2.20. The van der Waals surface area contributed by atoms with E-state index < -0.39 is 0 Å². The molecule has 84 valence electrons. The van der Waals surface area contributed by atoms with E-state index in [2.05, 4.69) is 4.98 Å². The molecule has 1 aliphatic heterocycles. The molecule has 3 heteroatoms. The first-order chi connectivity index (χ1) is 7.86. The number of hydrogen-bond donors (Lipinski definition) is 1. The topological polar surface area (TPSA) is 25.0 Å². The van der Waals surface area contributed by atoms with Gasteiger partial charge in [0.05, 0.1) is 6.61 Å². The largest absolute Gasteiger partial charge is 0.381 e. The zero-order valence-corrected chi connectivity index (χ0v) is 9.00. The Morgan fingerprint density at radius 3 is 3.12 bits per heavy atom. The SMILES string of the molecule is Fc1cccc2[nH]cc([C@H]3CCCOC3)c12. The number of ether oxygens (including phenoxy) is 1. The van der Waals surface area contributed by atoms with Crippen molar-refractivity contribution in [3.63, 3.8) is 0 Å². The molecule has 0 unspecified atom stereocenters. The fraction of sp³-hybridized carbons (Fsp3) is 0.385. The van der Waals surface area contributed by atoms with E-state index in [0.29, 0.717) is 12.5 Å². The van der Waals surface area contributed by atoms with Crippen LogP contribution in [0.4, 0.5) is 4.39 Å². The Morgan fingerprint density at radius 1 is 1.38 bits per heavy atom.